The van der Waals surface area contributed by atoms with E-state index in [4.69, 9.17) is 11.6 Å². The standard InChI is InChI=1S/C20H26ClN3O/c1-3-24(4-2)19-11-9-18(10-12-19)23-20(25)13-14-22-15-16-5-7-17(21)8-6-16/h5-12,22H,3-4,13-15H2,1-2H3,(H,23,25). The van der Waals surface area contributed by atoms with Gasteiger partial charge in [0.15, 0.2) is 0 Å². The normalized spacial score (nSPS) is 10.5. The monoisotopic (exact) mass is 359 g/mol. The molecule has 5 heteroatoms. The van der Waals surface area contributed by atoms with Crippen LogP contribution in [-0.4, -0.2) is 25.5 Å². The van der Waals surface area contributed by atoms with Crippen LogP contribution in [0.1, 0.15) is 25.8 Å². The van der Waals surface area contributed by atoms with E-state index < -0.39 is 0 Å². The second-order valence-electron chi connectivity index (χ2n) is 5.82. The van der Waals surface area contributed by atoms with Crippen molar-refractivity contribution in [2.75, 3.05) is 29.9 Å². The third-order valence-corrected chi connectivity index (χ3v) is 4.30. The predicted molar refractivity (Wildman–Crippen MR) is 106 cm³/mol. The zero-order valence-corrected chi connectivity index (χ0v) is 15.6. The van der Waals surface area contributed by atoms with Crippen LogP contribution in [0.2, 0.25) is 5.02 Å². The molecule has 0 saturated carbocycles. The van der Waals surface area contributed by atoms with E-state index >= 15 is 0 Å². The van der Waals surface area contributed by atoms with Gasteiger partial charge in [0.1, 0.15) is 0 Å². The van der Waals surface area contributed by atoms with Crippen LogP contribution in [0.4, 0.5) is 11.4 Å². The van der Waals surface area contributed by atoms with Gasteiger partial charge in [-0.3, -0.25) is 4.79 Å². The highest BCUT2D eigenvalue weighted by molar-refractivity contribution is 6.30. The predicted octanol–water partition coefficient (Wildman–Crippen LogP) is 4.30. The van der Waals surface area contributed by atoms with Gasteiger partial charge in [-0.1, -0.05) is 23.7 Å². The summed E-state index contributed by atoms with van der Waals surface area (Å²) in [6.45, 7) is 7.57. The smallest absolute Gasteiger partial charge is 0.225 e. The maximum atomic E-state index is 12.0. The maximum Gasteiger partial charge on any atom is 0.225 e. The van der Waals surface area contributed by atoms with E-state index in [1.54, 1.807) is 0 Å². The molecule has 0 fully saturated rings. The molecule has 25 heavy (non-hydrogen) atoms. The van der Waals surface area contributed by atoms with Gasteiger partial charge in [0, 0.05) is 49.0 Å². The molecule has 0 aromatic heterocycles. The molecule has 0 heterocycles. The lowest BCUT2D eigenvalue weighted by Crippen LogP contribution is -2.22. The van der Waals surface area contributed by atoms with Gasteiger partial charge in [-0.05, 0) is 55.8 Å². The van der Waals surface area contributed by atoms with E-state index in [9.17, 15) is 4.79 Å². The summed E-state index contributed by atoms with van der Waals surface area (Å²) >= 11 is 5.86. The van der Waals surface area contributed by atoms with Crippen molar-refractivity contribution in [3.05, 3.63) is 59.1 Å². The molecule has 0 aliphatic heterocycles. The van der Waals surface area contributed by atoms with Gasteiger partial charge in [0.05, 0.1) is 0 Å². The first-order chi connectivity index (χ1) is 12.1. The lowest BCUT2D eigenvalue weighted by atomic mass is 10.2. The maximum absolute atomic E-state index is 12.0. The first-order valence-corrected chi connectivity index (χ1v) is 9.10. The number of hydrogen-bond donors (Lipinski definition) is 2. The van der Waals surface area contributed by atoms with Gasteiger partial charge in [-0.25, -0.2) is 0 Å². The first kappa shape index (κ1) is 19.3. The van der Waals surface area contributed by atoms with Gasteiger partial charge in [-0.15, -0.1) is 0 Å². The molecule has 134 valence electrons. The van der Waals surface area contributed by atoms with Crippen molar-refractivity contribution in [3.8, 4) is 0 Å². The van der Waals surface area contributed by atoms with E-state index in [-0.39, 0.29) is 5.91 Å². The number of nitrogens with zero attached hydrogens (tertiary/aromatic N) is 1. The molecule has 0 unspecified atom stereocenters. The summed E-state index contributed by atoms with van der Waals surface area (Å²) in [6, 6.07) is 15.7. The number of carbonyl (C=O) groups is 1. The molecule has 2 aromatic rings. The van der Waals surface area contributed by atoms with Crippen molar-refractivity contribution in [2.45, 2.75) is 26.8 Å². The minimum absolute atomic E-state index is 0.0131. The van der Waals surface area contributed by atoms with E-state index in [1.165, 1.54) is 5.69 Å². The molecule has 2 aromatic carbocycles. The summed E-state index contributed by atoms with van der Waals surface area (Å²) in [5.41, 5.74) is 3.16. The van der Waals surface area contributed by atoms with Crippen LogP contribution >= 0.6 is 11.6 Å². The second kappa shape index (κ2) is 10.1. The quantitative estimate of drug-likeness (QED) is 0.656. The Morgan fingerprint density at radius 1 is 1.00 bits per heavy atom. The van der Waals surface area contributed by atoms with Crippen molar-refractivity contribution < 1.29 is 4.79 Å². The van der Waals surface area contributed by atoms with Crippen LogP contribution in [0.25, 0.3) is 0 Å². The van der Waals surface area contributed by atoms with Gasteiger partial charge >= 0.3 is 0 Å². The fourth-order valence-corrected chi connectivity index (χ4v) is 2.73. The number of anilines is 2. The first-order valence-electron chi connectivity index (χ1n) is 8.72. The summed E-state index contributed by atoms with van der Waals surface area (Å²) in [4.78, 5) is 14.3. The minimum atomic E-state index is 0.0131. The number of benzene rings is 2. The molecule has 1 amide bonds. The molecular formula is C20H26ClN3O. The van der Waals surface area contributed by atoms with Gasteiger partial charge in [0.2, 0.25) is 5.91 Å². The average Bonchev–Trinajstić information content (AvgIpc) is 2.63. The number of nitrogens with one attached hydrogen (secondary N) is 2. The Labute approximate surface area is 155 Å². The summed E-state index contributed by atoms with van der Waals surface area (Å²) in [6.07, 6.45) is 0.436. The summed E-state index contributed by atoms with van der Waals surface area (Å²) in [5, 5.41) is 6.93. The molecule has 0 atom stereocenters. The summed E-state index contributed by atoms with van der Waals surface area (Å²) in [5.74, 6) is 0.0131. The van der Waals surface area contributed by atoms with Crippen LogP contribution in [-0.2, 0) is 11.3 Å². The van der Waals surface area contributed by atoms with Gasteiger partial charge in [0.25, 0.3) is 0 Å². The summed E-state index contributed by atoms with van der Waals surface area (Å²) in [7, 11) is 0. The van der Waals surface area contributed by atoms with Gasteiger partial charge < -0.3 is 15.5 Å². The molecule has 0 saturated heterocycles. The molecule has 2 N–H and O–H groups in total. The number of amides is 1. The molecule has 4 nitrogen and oxygen atoms in total. The van der Waals surface area contributed by atoms with E-state index in [2.05, 4.69) is 29.4 Å². The van der Waals surface area contributed by atoms with Crippen molar-refractivity contribution in [1.29, 1.82) is 0 Å². The lowest BCUT2D eigenvalue weighted by Gasteiger charge is -2.21. The van der Waals surface area contributed by atoms with Crippen LogP contribution < -0.4 is 15.5 Å². The largest absolute Gasteiger partial charge is 0.372 e. The Morgan fingerprint density at radius 3 is 2.24 bits per heavy atom. The van der Waals surface area contributed by atoms with E-state index in [1.807, 2.05) is 48.5 Å². The van der Waals surface area contributed by atoms with Crippen molar-refractivity contribution in [1.82, 2.24) is 5.32 Å². The van der Waals surface area contributed by atoms with E-state index in [0.29, 0.717) is 13.0 Å². The fraction of sp³-hybridized carbons (Fsp3) is 0.350. The Morgan fingerprint density at radius 2 is 1.64 bits per heavy atom. The third kappa shape index (κ3) is 6.40. The Hall–Kier alpha value is -2.04. The summed E-state index contributed by atoms with van der Waals surface area (Å²) < 4.78 is 0. The number of hydrogen-bond acceptors (Lipinski definition) is 3. The number of halogens is 1. The average molecular weight is 360 g/mol. The Kier molecular flexibility index (Phi) is 7.76. The molecule has 0 aliphatic rings. The molecule has 0 radical (unpaired) electrons. The van der Waals surface area contributed by atoms with Crippen LogP contribution in [0.3, 0.4) is 0 Å². The lowest BCUT2D eigenvalue weighted by molar-refractivity contribution is -0.116. The topological polar surface area (TPSA) is 44.4 Å². The molecule has 2 rings (SSSR count). The molecule has 0 bridgehead atoms. The molecule has 0 aliphatic carbocycles. The van der Waals surface area contributed by atoms with Crippen molar-refractivity contribution >= 4 is 28.9 Å². The number of rotatable bonds is 9. The Bertz CT molecular complexity index is 652. The van der Waals surface area contributed by atoms with Crippen LogP contribution in [0.15, 0.2) is 48.5 Å². The highest BCUT2D eigenvalue weighted by Gasteiger charge is 2.04. The minimum Gasteiger partial charge on any atom is -0.372 e. The highest BCUT2D eigenvalue weighted by atomic mass is 35.5. The van der Waals surface area contributed by atoms with Crippen LogP contribution in [0, 0.1) is 0 Å². The number of carbonyl (C=O) groups excluding carboxylic acids is 1. The second-order valence-corrected chi connectivity index (χ2v) is 6.26. The zero-order chi connectivity index (χ0) is 18.1. The van der Waals surface area contributed by atoms with Crippen molar-refractivity contribution in [3.63, 3.8) is 0 Å². The van der Waals surface area contributed by atoms with Gasteiger partial charge in [-0.2, -0.15) is 0 Å². The third-order valence-electron chi connectivity index (χ3n) is 4.05. The SMILES string of the molecule is CCN(CC)c1ccc(NC(=O)CCNCc2ccc(Cl)cc2)cc1. The van der Waals surface area contributed by atoms with E-state index in [0.717, 1.165) is 35.9 Å². The molecule has 0 spiro atoms. The Balaban J connectivity index is 1.72. The molecular weight excluding hydrogens is 334 g/mol. The van der Waals surface area contributed by atoms with Crippen LogP contribution in [0.5, 0.6) is 0 Å². The van der Waals surface area contributed by atoms with Crippen molar-refractivity contribution in [2.24, 2.45) is 0 Å². The fourth-order valence-electron chi connectivity index (χ4n) is 2.60. The zero-order valence-electron chi connectivity index (χ0n) is 14.9. The highest BCUT2D eigenvalue weighted by Crippen LogP contribution is 2.17.